The smallest absolute Gasteiger partial charge is 0.270 e. The van der Waals surface area contributed by atoms with Gasteiger partial charge in [-0.15, -0.1) is 5.10 Å². The predicted molar refractivity (Wildman–Crippen MR) is 96.3 cm³/mol. The number of aromatic nitrogens is 4. The number of ether oxygens (including phenoxy) is 2. The van der Waals surface area contributed by atoms with Crippen molar-refractivity contribution in [2.45, 2.75) is 24.1 Å². The van der Waals surface area contributed by atoms with E-state index in [9.17, 15) is 10.1 Å². The average molecular weight is 385 g/mol. The van der Waals surface area contributed by atoms with Crippen molar-refractivity contribution in [1.29, 1.82) is 0 Å². The number of non-ortho nitro benzene ring substituents is 1. The van der Waals surface area contributed by atoms with Crippen LogP contribution < -0.4 is 4.74 Å². The summed E-state index contributed by atoms with van der Waals surface area (Å²) >= 11 is 1.40. The van der Waals surface area contributed by atoms with E-state index in [1.54, 1.807) is 4.68 Å². The van der Waals surface area contributed by atoms with Crippen molar-refractivity contribution in [3.05, 3.63) is 69.3 Å². The summed E-state index contributed by atoms with van der Waals surface area (Å²) < 4.78 is 12.5. The molecule has 0 amide bonds. The third kappa shape index (κ3) is 3.91. The molecule has 1 aliphatic heterocycles. The Balaban J connectivity index is 1.55. The Hall–Kier alpha value is -2.98. The van der Waals surface area contributed by atoms with E-state index in [0.29, 0.717) is 35.4 Å². The predicted octanol–water partition coefficient (Wildman–Crippen LogP) is 2.79. The number of tetrazole rings is 1. The minimum absolute atomic E-state index is 0.0160. The molecule has 0 unspecified atom stereocenters. The van der Waals surface area contributed by atoms with Crippen LogP contribution in [0.4, 0.5) is 5.69 Å². The van der Waals surface area contributed by atoms with Gasteiger partial charge in [-0.2, -0.15) is 0 Å². The molecule has 4 rings (SSSR count). The van der Waals surface area contributed by atoms with Crippen LogP contribution in [0, 0.1) is 10.1 Å². The Morgan fingerprint density at radius 1 is 1.26 bits per heavy atom. The van der Waals surface area contributed by atoms with Crippen molar-refractivity contribution >= 4 is 17.4 Å². The lowest BCUT2D eigenvalue weighted by atomic mass is 10.1. The van der Waals surface area contributed by atoms with Gasteiger partial charge in [0, 0.05) is 29.0 Å². The van der Waals surface area contributed by atoms with Gasteiger partial charge in [-0.05, 0) is 16.0 Å². The molecule has 2 aromatic carbocycles. The van der Waals surface area contributed by atoms with Gasteiger partial charge in [-0.25, -0.2) is 4.68 Å². The number of nitrogens with zero attached hydrogens (tertiary/aromatic N) is 5. The molecular weight excluding hydrogens is 370 g/mol. The zero-order valence-electron chi connectivity index (χ0n) is 14.1. The molecule has 10 heteroatoms. The van der Waals surface area contributed by atoms with Crippen LogP contribution in [0.5, 0.6) is 5.75 Å². The van der Waals surface area contributed by atoms with Gasteiger partial charge in [0.2, 0.25) is 5.16 Å². The van der Waals surface area contributed by atoms with Crippen LogP contribution in [0.15, 0.2) is 47.6 Å². The second-order valence-corrected chi connectivity index (χ2v) is 6.80. The van der Waals surface area contributed by atoms with Crippen molar-refractivity contribution in [3.8, 4) is 5.75 Å². The molecule has 2 heterocycles. The van der Waals surface area contributed by atoms with Crippen LogP contribution in [-0.4, -0.2) is 31.9 Å². The third-order valence-electron chi connectivity index (χ3n) is 4.01. The molecule has 0 saturated carbocycles. The fourth-order valence-electron chi connectivity index (χ4n) is 2.79. The van der Waals surface area contributed by atoms with E-state index >= 15 is 0 Å². The second kappa shape index (κ2) is 7.72. The number of thioether (sulfide) groups is 1. The van der Waals surface area contributed by atoms with Crippen LogP contribution in [0.3, 0.4) is 0 Å². The highest BCUT2D eigenvalue weighted by Gasteiger charge is 2.21. The van der Waals surface area contributed by atoms with Crippen LogP contribution in [0.25, 0.3) is 0 Å². The van der Waals surface area contributed by atoms with Gasteiger partial charge < -0.3 is 9.47 Å². The molecule has 0 aliphatic carbocycles. The van der Waals surface area contributed by atoms with Crippen LogP contribution in [0.2, 0.25) is 0 Å². The van der Waals surface area contributed by atoms with Crippen molar-refractivity contribution in [3.63, 3.8) is 0 Å². The standard InChI is InChI=1S/C17H15N5O4S/c23-22(24)15-6-13-9-25-11-26-16(13)14(7-15)10-27-17-18-19-20-21(17)8-12-4-2-1-3-5-12/h1-7H,8-11H2. The van der Waals surface area contributed by atoms with Crippen molar-refractivity contribution in [2.24, 2.45) is 0 Å². The summed E-state index contributed by atoms with van der Waals surface area (Å²) in [6, 6.07) is 12.9. The summed E-state index contributed by atoms with van der Waals surface area (Å²) in [5, 5.41) is 23.7. The lowest BCUT2D eigenvalue weighted by Gasteiger charge is -2.20. The number of nitro benzene ring substituents is 1. The first kappa shape index (κ1) is 17.4. The zero-order valence-corrected chi connectivity index (χ0v) is 15.0. The summed E-state index contributed by atoms with van der Waals surface area (Å²) in [5.41, 5.74) is 2.50. The zero-order chi connectivity index (χ0) is 18.6. The Bertz CT molecular complexity index is 963. The second-order valence-electron chi connectivity index (χ2n) is 5.85. The topological polar surface area (TPSA) is 105 Å². The Morgan fingerprint density at radius 3 is 2.93 bits per heavy atom. The first-order valence-corrected chi connectivity index (χ1v) is 9.13. The Labute approximate surface area is 158 Å². The van der Waals surface area contributed by atoms with E-state index in [1.165, 1.54) is 23.9 Å². The molecule has 0 bridgehead atoms. The fraction of sp³-hybridized carbons (Fsp3) is 0.235. The van der Waals surface area contributed by atoms with E-state index in [4.69, 9.17) is 9.47 Å². The van der Waals surface area contributed by atoms with Gasteiger partial charge >= 0.3 is 0 Å². The molecule has 0 fully saturated rings. The maximum absolute atomic E-state index is 11.2. The van der Waals surface area contributed by atoms with E-state index in [2.05, 4.69) is 15.5 Å². The molecule has 0 saturated heterocycles. The highest BCUT2D eigenvalue weighted by atomic mass is 32.2. The maximum atomic E-state index is 11.2. The number of nitro groups is 1. The van der Waals surface area contributed by atoms with Crippen molar-refractivity contribution in [1.82, 2.24) is 20.2 Å². The number of benzene rings is 2. The molecule has 1 aromatic heterocycles. The number of hydrogen-bond donors (Lipinski definition) is 0. The van der Waals surface area contributed by atoms with Gasteiger partial charge in [0.1, 0.15) is 5.75 Å². The minimum Gasteiger partial charge on any atom is -0.467 e. The highest BCUT2D eigenvalue weighted by Crippen LogP contribution is 2.35. The summed E-state index contributed by atoms with van der Waals surface area (Å²) in [6.45, 7) is 0.974. The lowest BCUT2D eigenvalue weighted by molar-refractivity contribution is -0.385. The van der Waals surface area contributed by atoms with E-state index in [-0.39, 0.29) is 12.5 Å². The summed E-state index contributed by atoms with van der Waals surface area (Å²) in [4.78, 5) is 10.8. The highest BCUT2D eigenvalue weighted by molar-refractivity contribution is 7.98. The number of hydrogen-bond acceptors (Lipinski definition) is 8. The molecule has 1 aliphatic rings. The molecule has 9 nitrogen and oxygen atoms in total. The van der Waals surface area contributed by atoms with Gasteiger partial charge in [0.25, 0.3) is 5.69 Å². The summed E-state index contributed by atoms with van der Waals surface area (Å²) in [7, 11) is 0. The van der Waals surface area contributed by atoms with Crippen molar-refractivity contribution < 1.29 is 14.4 Å². The Morgan fingerprint density at radius 2 is 2.11 bits per heavy atom. The lowest BCUT2D eigenvalue weighted by Crippen LogP contribution is -2.13. The molecule has 0 radical (unpaired) electrons. The van der Waals surface area contributed by atoms with Gasteiger partial charge in [-0.1, -0.05) is 42.1 Å². The molecule has 0 N–H and O–H groups in total. The molecule has 27 heavy (non-hydrogen) atoms. The van der Waals surface area contributed by atoms with Gasteiger partial charge in [0.15, 0.2) is 6.79 Å². The van der Waals surface area contributed by atoms with Crippen LogP contribution >= 0.6 is 11.8 Å². The van der Waals surface area contributed by atoms with Crippen LogP contribution in [0.1, 0.15) is 16.7 Å². The molecular formula is C17H15N5O4S. The number of fused-ring (bicyclic) bond motifs is 1. The fourth-order valence-corrected chi connectivity index (χ4v) is 3.63. The van der Waals surface area contributed by atoms with Crippen molar-refractivity contribution in [2.75, 3.05) is 6.79 Å². The van der Waals surface area contributed by atoms with E-state index in [1.807, 2.05) is 30.3 Å². The maximum Gasteiger partial charge on any atom is 0.270 e. The largest absolute Gasteiger partial charge is 0.467 e. The quantitative estimate of drug-likeness (QED) is 0.362. The van der Waals surface area contributed by atoms with Crippen LogP contribution in [-0.2, 0) is 23.6 Å². The first-order valence-electron chi connectivity index (χ1n) is 8.14. The molecule has 0 atom stereocenters. The summed E-state index contributed by atoms with van der Waals surface area (Å²) in [5.74, 6) is 1.08. The minimum atomic E-state index is -0.414. The average Bonchev–Trinajstić information content (AvgIpc) is 3.13. The summed E-state index contributed by atoms with van der Waals surface area (Å²) in [6.07, 6.45) is 0. The van der Waals surface area contributed by atoms with E-state index < -0.39 is 4.92 Å². The molecule has 0 spiro atoms. The molecule has 3 aromatic rings. The van der Waals surface area contributed by atoms with E-state index in [0.717, 1.165) is 11.1 Å². The monoisotopic (exact) mass is 385 g/mol. The normalized spacial score (nSPS) is 13.0. The first-order chi connectivity index (χ1) is 13.2. The Kier molecular flexibility index (Phi) is 4.99. The third-order valence-corrected chi connectivity index (χ3v) is 5.02. The van der Waals surface area contributed by atoms with Gasteiger partial charge in [0.05, 0.1) is 18.1 Å². The SMILES string of the molecule is O=[N+]([O-])c1cc2c(c(CSc3nnnn3Cc3ccccc3)c1)OCOC2. The number of rotatable bonds is 6. The van der Waals surface area contributed by atoms with Gasteiger partial charge in [-0.3, -0.25) is 10.1 Å². The molecule has 138 valence electrons.